The maximum Gasteiger partial charge on any atom is 0.230 e. The monoisotopic (exact) mass is 389 g/mol. The number of nitrogens with one attached hydrogen (secondary N) is 1. The van der Waals surface area contributed by atoms with Gasteiger partial charge in [0.15, 0.2) is 5.75 Å². The molecule has 0 atom stereocenters. The topological polar surface area (TPSA) is 84.0 Å². The number of ether oxygens (including phenoxy) is 3. The fourth-order valence-electron chi connectivity index (χ4n) is 2.50. The molecule has 1 aromatic heterocycles. The lowest BCUT2D eigenvalue weighted by molar-refractivity contribution is -0.179. The number of fused-ring (bicyclic) bond motifs is 1. The van der Waals surface area contributed by atoms with Crippen LogP contribution in [0.25, 0.3) is 10.9 Å². The molecule has 0 bridgehead atoms. The summed E-state index contributed by atoms with van der Waals surface area (Å²) in [7, 11) is 4.60. The number of hydrogen-bond acceptors (Lipinski definition) is 8. The van der Waals surface area contributed by atoms with Gasteiger partial charge in [-0.25, -0.2) is 14.4 Å². The van der Waals surface area contributed by atoms with Gasteiger partial charge < -0.3 is 24.4 Å². The molecule has 148 valence electrons. The van der Waals surface area contributed by atoms with Gasteiger partial charge in [-0.05, 0) is 12.1 Å². The normalized spacial score (nSPS) is 10.7. The van der Waals surface area contributed by atoms with Crippen molar-refractivity contribution in [1.29, 1.82) is 0 Å². The summed E-state index contributed by atoms with van der Waals surface area (Å²) in [6.45, 7) is 0.740. The molecule has 0 unspecified atom stereocenters. The molecule has 0 saturated carbocycles. The number of hydrogen-bond donors (Lipinski definition) is 1. The highest BCUT2D eigenvalue weighted by Gasteiger charge is 2.15. The van der Waals surface area contributed by atoms with Gasteiger partial charge in [-0.1, -0.05) is 0 Å². The molecular formula is C19H20FN3O5. The average Bonchev–Trinajstić information content (AvgIpc) is 2.69. The van der Waals surface area contributed by atoms with Crippen LogP contribution in [0.3, 0.4) is 0 Å². The van der Waals surface area contributed by atoms with Gasteiger partial charge in [0.05, 0.1) is 30.3 Å². The van der Waals surface area contributed by atoms with Crippen molar-refractivity contribution in [3.8, 4) is 23.1 Å². The second kappa shape index (κ2) is 9.16. The van der Waals surface area contributed by atoms with Crippen LogP contribution in [0.2, 0.25) is 0 Å². The lowest BCUT2D eigenvalue weighted by Crippen LogP contribution is -2.06. The van der Waals surface area contributed by atoms with Gasteiger partial charge in [-0.15, -0.1) is 0 Å². The number of halogens is 1. The van der Waals surface area contributed by atoms with E-state index in [0.29, 0.717) is 47.1 Å². The Bertz CT molecular complexity index is 954. The van der Waals surface area contributed by atoms with E-state index in [9.17, 15) is 4.39 Å². The van der Waals surface area contributed by atoms with E-state index in [2.05, 4.69) is 15.3 Å². The van der Waals surface area contributed by atoms with E-state index in [1.807, 2.05) is 0 Å². The summed E-state index contributed by atoms with van der Waals surface area (Å²) in [5.41, 5.74) is 0.932. The lowest BCUT2D eigenvalue weighted by atomic mass is 10.2. The molecule has 0 saturated heterocycles. The minimum Gasteiger partial charge on any atom is -0.487 e. The standard InChI is InChI=1S/C19H20FN3O5/c1-21-15-5-4-12(8-14(15)20)27-19-13-9-18(28-25-3)17(26-7-6-24-2)10-16(13)22-11-23-19/h4-5,8-11,21H,6-7H2,1-3H3. The van der Waals surface area contributed by atoms with Crippen LogP contribution >= 0.6 is 0 Å². The highest BCUT2D eigenvalue weighted by Crippen LogP contribution is 2.36. The van der Waals surface area contributed by atoms with Crippen LogP contribution < -0.4 is 19.7 Å². The predicted molar refractivity (Wildman–Crippen MR) is 101 cm³/mol. The Balaban J connectivity index is 1.96. The molecule has 1 heterocycles. The summed E-state index contributed by atoms with van der Waals surface area (Å²) >= 11 is 0. The summed E-state index contributed by atoms with van der Waals surface area (Å²) in [6.07, 6.45) is 1.35. The third kappa shape index (κ3) is 4.38. The zero-order chi connectivity index (χ0) is 19.9. The van der Waals surface area contributed by atoms with E-state index in [-0.39, 0.29) is 5.88 Å². The van der Waals surface area contributed by atoms with Gasteiger partial charge in [0, 0.05) is 32.4 Å². The van der Waals surface area contributed by atoms with E-state index < -0.39 is 5.82 Å². The molecule has 9 heteroatoms. The lowest BCUT2D eigenvalue weighted by Gasteiger charge is -2.13. The van der Waals surface area contributed by atoms with Crippen LogP contribution in [0.15, 0.2) is 36.7 Å². The number of benzene rings is 2. The highest BCUT2D eigenvalue weighted by molar-refractivity contribution is 5.87. The number of aromatic nitrogens is 2. The van der Waals surface area contributed by atoms with Crippen LogP contribution in [0.5, 0.6) is 23.1 Å². The minimum absolute atomic E-state index is 0.242. The maximum atomic E-state index is 14.0. The summed E-state index contributed by atoms with van der Waals surface area (Å²) in [5.74, 6) is 0.857. The summed E-state index contributed by atoms with van der Waals surface area (Å²) in [4.78, 5) is 18.3. The van der Waals surface area contributed by atoms with Gasteiger partial charge in [-0.3, -0.25) is 0 Å². The Morgan fingerprint density at radius 1 is 1.04 bits per heavy atom. The second-order valence-electron chi connectivity index (χ2n) is 5.58. The van der Waals surface area contributed by atoms with Crippen molar-refractivity contribution in [1.82, 2.24) is 9.97 Å². The van der Waals surface area contributed by atoms with Crippen molar-refractivity contribution in [3.05, 3.63) is 42.5 Å². The first-order valence-corrected chi connectivity index (χ1v) is 8.42. The SMILES string of the molecule is CNc1ccc(Oc2ncnc3cc(OCCOC)c(OOC)cc23)cc1F. The molecular weight excluding hydrogens is 369 g/mol. The Labute approximate surface area is 161 Å². The van der Waals surface area contributed by atoms with Crippen molar-refractivity contribution < 1.29 is 28.4 Å². The van der Waals surface area contributed by atoms with Crippen molar-refractivity contribution in [3.63, 3.8) is 0 Å². The largest absolute Gasteiger partial charge is 0.487 e. The van der Waals surface area contributed by atoms with E-state index >= 15 is 0 Å². The second-order valence-corrected chi connectivity index (χ2v) is 5.58. The Morgan fingerprint density at radius 2 is 1.89 bits per heavy atom. The molecule has 0 aliphatic heterocycles. The van der Waals surface area contributed by atoms with Gasteiger partial charge in [0.1, 0.15) is 24.5 Å². The predicted octanol–water partition coefficient (Wildman–Crippen LogP) is 3.57. The first-order chi connectivity index (χ1) is 13.7. The zero-order valence-corrected chi connectivity index (χ0v) is 15.7. The third-order valence-corrected chi connectivity index (χ3v) is 3.81. The van der Waals surface area contributed by atoms with E-state index in [1.54, 1.807) is 38.4 Å². The first kappa shape index (κ1) is 19.6. The maximum absolute atomic E-state index is 14.0. The number of nitrogens with zero attached hydrogens (tertiary/aromatic N) is 2. The molecule has 3 aromatic rings. The molecule has 8 nitrogen and oxygen atoms in total. The third-order valence-electron chi connectivity index (χ3n) is 3.81. The van der Waals surface area contributed by atoms with E-state index in [4.69, 9.17) is 24.0 Å². The number of methoxy groups -OCH3 is 1. The van der Waals surface area contributed by atoms with Crippen molar-refractivity contribution in [2.45, 2.75) is 0 Å². The fourth-order valence-corrected chi connectivity index (χ4v) is 2.50. The molecule has 0 amide bonds. The quantitative estimate of drug-likeness (QED) is 0.338. The van der Waals surface area contributed by atoms with Crippen LogP contribution in [-0.4, -0.2) is 44.4 Å². The minimum atomic E-state index is -0.435. The van der Waals surface area contributed by atoms with Gasteiger partial charge in [0.25, 0.3) is 0 Å². The Kier molecular flexibility index (Phi) is 6.41. The molecule has 0 radical (unpaired) electrons. The molecule has 0 fully saturated rings. The summed E-state index contributed by atoms with van der Waals surface area (Å²) in [6, 6.07) is 7.80. The smallest absolute Gasteiger partial charge is 0.230 e. The molecule has 1 N–H and O–H groups in total. The van der Waals surface area contributed by atoms with Crippen LogP contribution in [0.4, 0.5) is 10.1 Å². The molecule has 0 aliphatic rings. The Hall–Kier alpha value is -3.17. The van der Waals surface area contributed by atoms with Gasteiger partial charge in [0.2, 0.25) is 11.6 Å². The molecule has 28 heavy (non-hydrogen) atoms. The van der Waals surface area contributed by atoms with Crippen molar-refractivity contribution in [2.24, 2.45) is 0 Å². The molecule has 2 aromatic carbocycles. The molecule has 0 spiro atoms. The van der Waals surface area contributed by atoms with Gasteiger partial charge in [-0.2, -0.15) is 4.89 Å². The van der Waals surface area contributed by atoms with Crippen LogP contribution in [0, 0.1) is 5.82 Å². The number of rotatable bonds is 9. The zero-order valence-electron chi connectivity index (χ0n) is 15.7. The fraction of sp³-hybridized carbons (Fsp3) is 0.263. The van der Waals surface area contributed by atoms with Crippen LogP contribution in [-0.2, 0) is 9.62 Å². The Morgan fingerprint density at radius 3 is 2.61 bits per heavy atom. The number of anilines is 1. The summed E-state index contributed by atoms with van der Waals surface area (Å²) in [5, 5.41) is 3.30. The highest BCUT2D eigenvalue weighted by atomic mass is 19.1. The van der Waals surface area contributed by atoms with E-state index in [0.717, 1.165) is 0 Å². The van der Waals surface area contributed by atoms with Crippen molar-refractivity contribution in [2.75, 3.05) is 39.8 Å². The first-order valence-electron chi connectivity index (χ1n) is 8.42. The molecule has 0 aliphatic carbocycles. The summed E-state index contributed by atoms with van der Waals surface area (Å²) < 4.78 is 30.4. The van der Waals surface area contributed by atoms with Gasteiger partial charge >= 0.3 is 0 Å². The van der Waals surface area contributed by atoms with Crippen LogP contribution in [0.1, 0.15) is 0 Å². The van der Waals surface area contributed by atoms with E-state index in [1.165, 1.54) is 19.5 Å². The average molecular weight is 389 g/mol. The van der Waals surface area contributed by atoms with Crippen molar-refractivity contribution >= 4 is 16.6 Å². The molecule has 3 rings (SSSR count).